The van der Waals surface area contributed by atoms with Crippen molar-refractivity contribution in [2.24, 2.45) is 5.92 Å². The third kappa shape index (κ3) is 4.33. The summed E-state index contributed by atoms with van der Waals surface area (Å²) in [6, 6.07) is 8.84. The molecule has 4 nitrogen and oxygen atoms in total. The second-order valence-electron chi connectivity index (χ2n) is 6.78. The molecule has 2 fully saturated rings. The molecule has 3 unspecified atom stereocenters. The van der Waals surface area contributed by atoms with Crippen LogP contribution in [0.5, 0.6) is 0 Å². The number of carbonyl (C=O) groups is 1. The molecule has 0 spiro atoms. The molecule has 1 aliphatic carbocycles. The molecule has 4 heteroatoms. The van der Waals surface area contributed by atoms with Gasteiger partial charge in [0.2, 0.25) is 5.91 Å². The van der Waals surface area contributed by atoms with Crippen LogP contribution in [0.2, 0.25) is 0 Å². The summed E-state index contributed by atoms with van der Waals surface area (Å²) >= 11 is 0. The second kappa shape index (κ2) is 7.93. The molecule has 0 aromatic heterocycles. The van der Waals surface area contributed by atoms with Crippen molar-refractivity contribution < 1.29 is 9.53 Å². The maximum atomic E-state index is 12.4. The van der Waals surface area contributed by atoms with E-state index in [4.69, 9.17) is 4.74 Å². The largest absolute Gasteiger partial charge is 0.377 e. The summed E-state index contributed by atoms with van der Waals surface area (Å²) < 4.78 is 5.39. The SMILES string of the molecule is CCOCc1ccc(CNC(=O)C2CC3CCCCC3N2)cc1. The molecular formula is C19H28N2O2. The quantitative estimate of drug-likeness (QED) is 0.848. The van der Waals surface area contributed by atoms with Gasteiger partial charge in [-0.2, -0.15) is 0 Å². The first-order chi connectivity index (χ1) is 11.3. The third-order valence-electron chi connectivity index (χ3n) is 5.14. The van der Waals surface area contributed by atoms with Gasteiger partial charge in [-0.05, 0) is 43.2 Å². The topological polar surface area (TPSA) is 50.4 Å². The lowest BCUT2D eigenvalue weighted by molar-refractivity contribution is -0.123. The lowest BCUT2D eigenvalue weighted by atomic mass is 9.85. The minimum Gasteiger partial charge on any atom is -0.377 e. The van der Waals surface area contributed by atoms with Crippen LogP contribution in [0.3, 0.4) is 0 Å². The van der Waals surface area contributed by atoms with E-state index in [1.54, 1.807) is 0 Å². The molecule has 1 saturated heterocycles. The highest BCUT2D eigenvalue weighted by atomic mass is 16.5. The normalized spacial score (nSPS) is 26.7. The molecule has 1 heterocycles. The van der Waals surface area contributed by atoms with Crippen LogP contribution < -0.4 is 10.6 Å². The van der Waals surface area contributed by atoms with Crippen LogP contribution >= 0.6 is 0 Å². The monoisotopic (exact) mass is 316 g/mol. The van der Waals surface area contributed by atoms with E-state index in [-0.39, 0.29) is 11.9 Å². The molecule has 1 aromatic rings. The van der Waals surface area contributed by atoms with Gasteiger partial charge in [0, 0.05) is 19.2 Å². The summed E-state index contributed by atoms with van der Waals surface area (Å²) in [5.74, 6) is 0.857. The maximum Gasteiger partial charge on any atom is 0.237 e. The predicted octanol–water partition coefficient (Wildman–Crippen LogP) is 2.76. The standard InChI is InChI=1S/C19H28N2O2/c1-2-23-13-15-9-7-14(8-10-15)12-20-19(22)18-11-16-5-3-4-6-17(16)21-18/h7-10,16-18,21H,2-6,11-13H2,1H3,(H,20,22). The number of benzene rings is 1. The lowest BCUT2D eigenvalue weighted by Gasteiger charge is -2.24. The van der Waals surface area contributed by atoms with Crippen molar-refractivity contribution in [2.45, 2.75) is 64.3 Å². The minimum absolute atomic E-state index is 0.000303. The van der Waals surface area contributed by atoms with Crippen LogP contribution in [0.15, 0.2) is 24.3 Å². The molecule has 2 aliphatic rings. The first-order valence-corrected chi connectivity index (χ1v) is 8.95. The molecular weight excluding hydrogens is 288 g/mol. The molecule has 23 heavy (non-hydrogen) atoms. The molecule has 1 amide bonds. The van der Waals surface area contributed by atoms with Crippen molar-refractivity contribution in [1.82, 2.24) is 10.6 Å². The van der Waals surface area contributed by atoms with Crippen molar-refractivity contribution in [1.29, 1.82) is 0 Å². The van der Waals surface area contributed by atoms with E-state index in [1.807, 2.05) is 6.92 Å². The summed E-state index contributed by atoms with van der Waals surface area (Å²) in [6.45, 7) is 3.98. The van der Waals surface area contributed by atoms with Crippen molar-refractivity contribution in [3.05, 3.63) is 35.4 Å². The Hall–Kier alpha value is -1.39. The molecule has 3 atom stereocenters. The van der Waals surface area contributed by atoms with Crippen LogP contribution in [-0.4, -0.2) is 24.6 Å². The van der Waals surface area contributed by atoms with Crippen molar-refractivity contribution in [3.8, 4) is 0 Å². The highest BCUT2D eigenvalue weighted by molar-refractivity contribution is 5.82. The highest BCUT2D eigenvalue weighted by Crippen LogP contribution is 2.33. The van der Waals surface area contributed by atoms with Crippen LogP contribution in [0.25, 0.3) is 0 Å². The minimum atomic E-state index is 0.000303. The van der Waals surface area contributed by atoms with Gasteiger partial charge in [0.15, 0.2) is 0 Å². The van der Waals surface area contributed by atoms with Crippen LogP contribution in [0, 0.1) is 5.92 Å². The zero-order valence-electron chi connectivity index (χ0n) is 14.0. The summed E-state index contributed by atoms with van der Waals surface area (Å²) in [5.41, 5.74) is 2.30. The van der Waals surface area contributed by atoms with E-state index < -0.39 is 0 Å². The first-order valence-electron chi connectivity index (χ1n) is 8.95. The van der Waals surface area contributed by atoms with Crippen molar-refractivity contribution in [2.75, 3.05) is 6.61 Å². The second-order valence-corrected chi connectivity index (χ2v) is 6.78. The zero-order valence-corrected chi connectivity index (χ0v) is 14.0. The Morgan fingerprint density at radius 3 is 2.70 bits per heavy atom. The number of hydrogen-bond donors (Lipinski definition) is 2. The first kappa shape index (κ1) is 16.5. The van der Waals surface area contributed by atoms with Crippen LogP contribution in [-0.2, 0) is 22.7 Å². The fourth-order valence-electron chi connectivity index (χ4n) is 3.81. The van der Waals surface area contributed by atoms with E-state index >= 15 is 0 Å². The van der Waals surface area contributed by atoms with Crippen LogP contribution in [0.4, 0.5) is 0 Å². The van der Waals surface area contributed by atoms with Crippen molar-refractivity contribution in [3.63, 3.8) is 0 Å². The average molecular weight is 316 g/mol. The molecule has 1 saturated carbocycles. The van der Waals surface area contributed by atoms with Crippen LogP contribution in [0.1, 0.15) is 50.2 Å². The fourth-order valence-corrected chi connectivity index (χ4v) is 3.81. The number of fused-ring (bicyclic) bond motifs is 1. The smallest absolute Gasteiger partial charge is 0.237 e. The summed E-state index contributed by atoms with van der Waals surface area (Å²) in [6.07, 6.45) is 6.14. The number of nitrogens with one attached hydrogen (secondary N) is 2. The van der Waals surface area contributed by atoms with Gasteiger partial charge >= 0.3 is 0 Å². The van der Waals surface area contributed by atoms with Gasteiger partial charge in [0.1, 0.15) is 0 Å². The van der Waals surface area contributed by atoms with Gasteiger partial charge in [-0.15, -0.1) is 0 Å². The van der Waals surface area contributed by atoms with Crippen molar-refractivity contribution >= 4 is 5.91 Å². The number of amides is 1. The Labute approximate surface area is 139 Å². The number of ether oxygens (including phenoxy) is 1. The van der Waals surface area contributed by atoms with E-state index in [0.717, 1.165) is 18.6 Å². The van der Waals surface area contributed by atoms with E-state index in [0.29, 0.717) is 25.1 Å². The predicted molar refractivity (Wildman–Crippen MR) is 90.9 cm³/mol. The lowest BCUT2D eigenvalue weighted by Crippen LogP contribution is -2.42. The molecule has 3 rings (SSSR count). The number of hydrogen-bond acceptors (Lipinski definition) is 3. The molecule has 2 N–H and O–H groups in total. The van der Waals surface area contributed by atoms with Gasteiger partial charge in [0.25, 0.3) is 0 Å². The fraction of sp³-hybridized carbons (Fsp3) is 0.632. The molecule has 0 radical (unpaired) electrons. The average Bonchev–Trinajstić information content (AvgIpc) is 3.03. The summed E-state index contributed by atoms with van der Waals surface area (Å²) in [7, 11) is 0. The van der Waals surface area contributed by atoms with E-state index in [1.165, 1.54) is 31.2 Å². The van der Waals surface area contributed by atoms with Gasteiger partial charge in [-0.1, -0.05) is 37.1 Å². The third-order valence-corrected chi connectivity index (χ3v) is 5.14. The van der Waals surface area contributed by atoms with E-state index in [9.17, 15) is 4.79 Å². The Bertz CT molecular complexity index is 501. The summed E-state index contributed by atoms with van der Waals surface area (Å²) in [5, 5.41) is 6.61. The van der Waals surface area contributed by atoms with Gasteiger partial charge < -0.3 is 15.4 Å². The van der Waals surface area contributed by atoms with Gasteiger partial charge in [-0.3, -0.25) is 4.79 Å². The zero-order chi connectivity index (χ0) is 16.1. The maximum absolute atomic E-state index is 12.4. The molecule has 126 valence electrons. The Kier molecular flexibility index (Phi) is 5.68. The number of carbonyl (C=O) groups excluding carboxylic acids is 1. The molecule has 1 aromatic carbocycles. The van der Waals surface area contributed by atoms with E-state index in [2.05, 4.69) is 34.9 Å². The highest BCUT2D eigenvalue weighted by Gasteiger charge is 2.37. The van der Waals surface area contributed by atoms with Gasteiger partial charge in [-0.25, -0.2) is 0 Å². The van der Waals surface area contributed by atoms with Gasteiger partial charge in [0.05, 0.1) is 12.6 Å². The molecule has 0 bridgehead atoms. The Balaban J connectivity index is 1.45. The molecule has 1 aliphatic heterocycles. The Morgan fingerprint density at radius 2 is 1.96 bits per heavy atom. The number of rotatable bonds is 6. The summed E-state index contributed by atoms with van der Waals surface area (Å²) in [4.78, 5) is 12.4. The Morgan fingerprint density at radius 1 is 1.22 bits per heavy atom.